The minimum absolute atomic E-state index is 0.239. The maximum atomic E-state index is 12.8. The average Bonchev–Trinajstić information content (AvgIpc) is 2.74. The van der Waals surface area contributed by atoms with Crippen LogP contribution in [0.3, 0.4) is 0 Å². The largest absolute Gasteiger partial charge is 0.416 e. The molecule has 0 amide bonds. The van der Waals surface area contributed by atoms with Crippen LogP contribution in [0.15, 0.2) is 42.7 Å². The summed E-state index contributed by atoms with van der Waals surface area (Å²) in [5.74, 6) is 1.59. The lowest BCUT2D eigenvalue weighted by Gasteiger charge is -2.28. The van der Waals surface area contributed by atoms with Gasteiger partial charge in [-0.15, -0.1) is 0 Å². The van der Waals surface area contributed by atoms with Gasteiger partial charge in [-0.05, 0) is 56.0 Å². The van der Waals surface area contributed by atoms with Crippen LogP contribution in [-0.4, -0.2) is 21.0 Å². The molecule has 1 saturated carbocycles. The van der Waals surface area contributed by atoms with Gasteiger partial charge in [0.2, 0.25) is 5.95 Å². The molecule has 2 heterocycles. The molecule has 8 heteroatoms. The lowest BCUT2D eigenvalue weighted by atomic mass is 9.85. The molecule has 3 aromatic rings. The Hall–Kier alpha value is -2.90. The third kappa shape index (κ3) is 4.63. The number of nitrogens with zero attached hydrogens (tertiary/aromatic N) is 3. The van der Waals surface area contributed by atoms with Gasteiger partial charge in [0.25, 0.3) is 0 Å². The van der Waals surface area contributed by atoms with E-state index >= 15 is 0 Å². The zero-order valence-electron chi connectivity index (χ0n) is 16.7. The minimum atomic E-state index is -4.36. The standard InChI is InChI=1S/C22H24F3N5/c1-14(15-5-3-2-4-6-15)27-21-29-19-11-12-26-13-18(19)20(30-21)28-17-9-7-16(8-10-17)22(23,24)25/h7-15H,2-6H2,1H3,(H2,27,28,29,30)/t14-/m0/s1. The summed E-state index contributed by atoms with van der Waals surface area (Å²) in [4.78, 5) is 13.4. The average molecular weight is 415 g/mol. The SMILES string of the molecule is C[C@H](Nc1nc(Nc2ccc(C(F)(F)F)cc2)c2cnccc2n1)C1CCCCC1. The fourth-order valence-corrected chi connectivity index (χ4v) is 3.97. The van der Waals surface area contributed by atoms with Crippen molar-refractivity contribution in [2.45, 2.75) is 51.2 Å². The highest BCUT2D eigenvalue weighted by Crippen LogP contribution is 2.32. The molecule has 30 heavy (non-hydrogen) atoms. The Bertz CT molecular complexity index is 998. The summed E-state index contributed by atoms with van der Waals surface area (Å²) in [5.41, 5.74) is 0.539. The number of anilines is 3. The zero-order chi connectivity index (χ0) is 21.1. The molecular weight excluding hydrogens is 391 g/mol. The molecule has 5 nitrogen and oxygen atoms in total. The number of halogens is 3. The van der Waals surface area contributed by atoms with E-state index in [0.717, 1.165) is 12.1 Å². The van der Waals surface area contributed by atoms with E-state index in [2.05, 4.69) is 32.5 Å². The van der Waals surface area contributed by atoms with Gasteiger partial charge in [0.15, 0.2) is 0 Å². The maximum absolute atomic E-state index is 12.8. The van der Waals surface area contributed by atoms with Gasteiger partial charge in [-0.1, -0.05) is 19.3 Å². The fourth-order valence-electron chi connectivity index (χ4n) is 3.97. The molecule has 1 aliphatic rings. The van der Waals surface area contributed by atoms with Crippen molar-refractivity contribution in [3.63, 3.8) is 0 Å². The van der Waals surface area contributed by atoms with E-state index in [1.54, 1.807) is 18.5 Å². The summed E-state index contributed by atoms with van der Waals surface area (Å²) in [6.07, 6.45) is 5.13. The molecule has 0 unspecified atom stereocenters. The van der Waals surface area contributed by atoms with E-state index in [1.807, 2.05) is 0 Å². The van der Waals surface area contributed by atoms with Crippen LogP contribution >= 0.6 is 0 Å². The summed E-state index contributed by atoms with van der Waals surface area (Å²) in [6, 6.07) is 6.92. The van der Waals surface area contributed by atoms with Gasteiger partial charge in [-0.2, -0.15) is 18.2 Å². The predicted octanol–water partition coefficient (Wildman–Crippen LogP) is 6.17. The molecule has 1 aliphatic carbocycles. The van der Waals surface area contributed by atoms with E-state index in [9.17, 15) is 13.2 Å². The van der Waals surface area contributed by atoms with Crippen LogP contribution in [0.25, 0.3) is 10.9 Å². The van der Waals surface area contributed by atoms with Gasteiger partial charge in [0, 0.05) is 24.1 Å². The van der Waals surface area contributed by atoms with Gasteiger partial charge in [-0.25, -0.2) is 4.98 Å². The Balaban J connectivity index is 1.60. The van der Waals surface area contributed by atoms with Crippen molar-refractivity contribution in [3.05, 3.63) is 48.3 Å². The molecule has 4 rings (SSSR count). The number of aromatic nitrogens is 3. The highest BCUT2D eigenvalue weighted by atomic mass is 19.4. The quantitative estimate of drug-likeness (QED) is 0.522. The Morgan fingerprint density at radius 1 is 1.00 bits per heavy atom. The van der Waals surface area contributed by atoms with E-state index in [-0.39, 0.29) is 6.04 Å². The minimum Gasteiger partial charge on any atom is -0.351 e. The van der Waals surface area contributed by atoms with Gasteiger partial charge in [-0.3, -0.25) is 4.98 Å². The summed E-state index contributed by atoms with van der Waals surface area (Å²) >= 11 is 0. The second-order valence-electron chi connectivity index (χ2n) is 7.82. The molecule has 0 spiro atoms. The van der Waals surface area contributed by atoms with Crippen LogP contribution in [-0.2, 0) is 6.18 Å². The van der Waals surface area contributed by atoms with Crippen LogP contribution in [0.2, 0.25) is 0 Å². The second-order valence-corrected chi connectivity index (χ2v) is 7.82. The molecule has 2 N–H and O–H groups in total. The van der Waals surface area contributed by atoms with Crippen molar-refractivity contribution in [1.29, 1.82) is 0 Å². The highest BCUT2D eigenvalue weighted by Gasteiger charge is 2.30. The monoisotopic (exact) mass is 415 g/mol. The Kier molecular flexibility index (Phi) is 5.74. The first-order valence-electron chi connectivity index (χ1n) is 10.2. The van der Waals surface area contributed by atoms with E-state index in [1.165, 1.54) is 44.2 Å². The van der Waals surface area contributed by atoms with Crippen molar-refractivity contribution in [3.8, 4) is 0 Å². The third-order valence-electron chi connectivity index (χ3n) is 5.69. The molecule has 1 fully saturated rings. The second kappa shape index (κ2) is 8.45. The van der Waals surface area contributed by atoms with Crippen LogP contribution in [0.5, 0.6) is 0 Å². The van der Waals surface area contributed by atoms with Crippen LogP contribution in [0.1, 0.15) is 44.6 Å². The summed E-state index contributed by atoms with van der Waals surface area (Å²) in [7, 11) is 0. The Morgan fingerprint density at radius 2 is 1.73 bits per heavy atom. The van der Waals surface area contributed by atoms with Crippen molar-refractivity contribution in [1.82, 2.24) is 15.0 Å². The first-order valence-corrected chi connectivity index (χ1v) is 10.2. The number of pyridine rings is 1. The number of fused-ring (bicyclic) bond motifs is 1. The fraction of sp³-hybridized carbons (Fsp3) is 0.409. The van der Waals surface area contributed by atoms with Crippen molar-refractivity contribution < 1.29 is 13.2 Å². The third-order valence-corrected chi connectivity index (χ3v) is 5.69. The number of alkyl halides is 3. The predicted molar refractivity (Wildman–Crippen MR) is 112 cm³/mol. The lowest BCUT2D eigenvalue weighted by Crippen LogP contribution is -2.28. The number of hydrogen-bond donors (Lipinski definition) is 2. The molecule has 158 valence electrons. The summed E-state index contributed by atoms with van der Waals surface area (Å²) in [5, 5.41) is 7.25. The van der Waals surface area contributed by atoms with Crippen LogP contribution in [0, 0.1) is 5.92 Å². The molecule has 0 saturated heterocycles. The summed E-state index contributed by atoms with van der Waals surface area (Å²) < 4.78 is 38.5. The topological polar surface area (TPSA) is 62.7 Å². The number of benzene rings is 1. The van der Waals surface area contributed by atoms with Gasteiger partial charge in [0.1, 0.15) is 5.82 Å². The maximum Gasteiger partial charge on any atom is 0.416 e. The molecule has 1 atom stereocenters. The molecule has 0 aliphatic heterocycles. The van der Waals surface area contributed by atoms with Gasteiger partial charge >= 0.3 is 6.18 Å². The van der Waals surface area contributed by atoms with Crippen molar-refractivity contribution in [2.75, 3.05) is 10.6 Å². The highest BCUT2D eigenvalue weighted by molar-refractivity contribution is 5.91. The van der Waals surface area contributed by atoms with Gasteiger partial charge in [0.05, 0.1) is 16.5 Å². The van der Waals surface area contributed by atoms with E-state index < -0.39 is 11.7 Å². The Labute approximate surface area is 173 Å². The Morgan fingerprint density at radius 3 is 2.43 bits per heavy atom. The van der Waals surface area contributed by atoms with Crippen molar-refractivity contribution in [2.24, 2.45) is 5.92 Å². The van der Waals surface area contributed by atoms with Gasteiger partial charge < -0.3 is 10.6 Å². The molecule has 0 bridgehead atoms. The molecule has 0 radical (unpaired) electrons. The smallest absolute Gasteiger partial charge is 0.351 e. The first kappa shape index (κ1) is 20.4. The lowest BCUT2D eigenvalue weighted by molar-refractivity contribution is -0.137. The van der Waals surface area contributed by atoms with E-state index in [4.69, 9.17) is 0 Å². The van der Waals surface area contributed by atoms with Crippen LogP contribution in [0.4, 0.5) is 30.6 Å². The normalized spacial score (nSPS) is 16.4. The summed E-state index contributed by atoms with van der Waals surface area (Å²) in [6.45, 7) is 2.15. The van der Waals surface area contributed by atoms with Crippen molar-refractivity contribution >= 4 is 28.4 Å². The number of hydrogen-bond acceptors (Lipinski definition) is 5. The number of rotatable bonds is 5. The molecular formula is C22H24F3N5. The van der Waals surface area contributed by atoms with Crippen LogP contribution < -0.4 is 10.6 Å². The number of nitrogens with one attached hydrogen (secondary N) is 2. The first-order chi connectivity index (χ1) is 14.4. The van der Waals surface area contributed by atoms with E-state index in [0.29, 0.717) is 34.3 Å². The molecule has 2 aromatic heterocycles. The molecule has 1 aromatic carbocycles. The zero-order valence-corrected chi connectivity index (χ0v) is 16.7.